The van der Waals surface area contributed by atoms with E-state index >= 15 is 0 Å². The minimum absolute atomic E-state index is 0.0922. The fourth-order valence-electron chi connectivity index (χ4n) is 1.30. The maximum atomic E-state index is 11.4. The number of furan rings is 1. The molecule has 0 radical (unpaired) electrons. The normalized spacial score (nSPS) is 9.83. The molecule has 0 atom stereocenters. The highest BCUT2D eigenvalue weighted by Crippen LogP contribution is 2.24. The van der Waals surface area contributed by atoms with Gasteiger partial charge in [0.2, 0.25) is 11.8 Å². The van der Waals surface area contributed by atoms with Crippen molar-refractivity contribution in [2.45, 2.75) is 13.8 Å². The molecule has 0 aliphatic heterocycles. The minimum atomic E-state index is -1.05. The number of carbonyl (C=O) groups is 2. The van der Waals surface area contributed by atoms with Gasteiger partial charge in [-0.3, -0.25) is 20.2 Å². The Balaban J connectivity index is 2.63. The van der Waals surface area contributed by atoms with Crippen LogP contribution in [0.1, 0.15) is 16.9 Å². The van der Waals surface area contributed by atoms with E-state index in [1.54, 1.807) is 13.8 Å². The summed E-state index contributed by atoms with van der Waals surface area (Å²) < 4.78 is 5.24. The molecule has 3 N–H and O–H groups in total. The molecular formula is C11H13N3O4. The Kier molecular flexibility index (Phi) is 4.45. The van der Waals surface area contributed by atoms with Crippen molar-refractivity contribution in [3.63, 3.8) is 0 Å². The van der Waals surface area contributed by atoms with Crippen LogP contribution in [0.2, 0.25) is 0 Å². The summed E-state index contributed by atoms with van der Waals surface area (Å²) in [5.41, 5.74) is 0.949. The molecule has 0 spiro atoms. The van der Waals surface area contributed by atoms with Crippen molar-refractivity contribution < 1.29 is 19.1 Å². The van der Waals surface area contributed by atoms with E-state index in [4.69, 9.17) is 14.8 Å². The van der Waals surface area contributed by atoms with Crippen LogP contribution in [0.4, 0.5) is 5.88 Å². The highest BCUT2D eigenvalue weighted by atomic mass is 16.4. The monoisotopic (exact) mass is 251 g/mol. The van der Waals surface area contributed by atoms with Gasteiger partial charge >= 0.3 is 5.97 Å². The first kappa shape index (κ1) is 13.7. The van der Waals surface area contributed by atoms with E-state index < -0.39 is 11.9 Å². The van der Waals surface area contributed by atoms with Gasteiger partial charge in [0, 0.05) is 5.56 Å². The van der Waals surface area contributed by atoms with E-state index in [0.717, 1.165) is 0 Å². The van der Waals surface area contributed by atoms with E-state index in [0.29, 0.717) is 11.3 Å². The second kappa shape index (κ2) is 5.84. The van der Waals surface area contributed by atoms with Gasteiger partial charge in [0.15, 0.2) is 0 Å². The summed E-state index contributed by atoms with van der Waals surface area (Å²) in [6.45, 7) is 2.93. The Morgan fingerprint density at radius 2 is 2.06 bits per heavy atom. The molecule has 1 aromatic heterocycles. The summed E-state index contributed by atoms with van der Waals surface area (Å²) in [7, 11) is 0. The minimum Gasteiger partial charge on any atom is -0.480 e. The second-order valence-corrected chi connectivity index (χ2v) is 3.64. The molecule has 0 fully saturated rings. The number of hydrogen-bond acceptors (Lipinski definition) is 5. The Hall–Kier alpha value is -2.33. The lowest BCUT2D eigenvalue weighted by Gasteiger charge is -2.02. The van der Waals surface area contributed by atoms with Crippen LogP contribution in [0.5, 0.6) is 0 Å². The number of anilines is 1. The van der Waals surface area contributed by atoms with Crippen LogP contribution in [0.25, 0.3) is 0 Å². The molecule has 1 amide bonds. The summed E-state index contributed by atoms with van der Waals surface area (Å²) in [5, 5.41) is 22.1. The first-order chi connectivity index (χ1) is 8.45. The molecule has 0 aliphatic carbocycles. The highest BCUT2D eigenvalue weighted by molar-refractivity contribution is 5.92. The second-order valence-electron chi connectivity index (χ2n) is 3.64. The van der Waals surface area contributed by atoms with Gasteiger partial charge in [-0.1, -0.05) is 0 Å². The van der Waals surface area contributed by atoms with Gasteiger partial charge in [0.1, 0.15) is 17.4 Å². The molecule has 7 nitrogen and oxygen atoms in total. The lowest BCUT2D eigenvalue weighted by atomic mass is 10.2. The average molecular weight is 251 g/mol. The van der Waals surface area contributed by atoms with Crippen LogP contribution < -0.4 is 10.6 Å². The zero-order valence-electron chi connectivity index (χ0n) is 10.0. The molecule has 0 aliphatic rings. The summed E-state index contributed by atoms with van der Waals surface area (Å²) >= 11 is 0. The van der Waals surface area contributed by atoms with Crippen LogP contribution in [-0.2, 0) is 9.59 Å². The Labute approximate surface area is 103 Å². The van der Waals surface area contributed by atoms with E-state index in [2.05, 4.69) is 10.6 Å². The standard InChI is InChI=1S/C11H13N3O4/c1-6-7(2)18-11(8(6)3-12)14-9(15)4-13-5-10(16)17/h13H,4-5H2,1-2H3,(H,14,15)(H,16,17). The van der Waals surface area contributed by atoms with E-state index in [1.165, 1.54) is 0 Å². The fourth-order valence-corrected chi connectivity index (χ4v) is 1.30. The van der Waals surface area contributed by atoms with Gasteiger partial charge in [-0.05, 0) is 13.8 Å². The van der Waals surface area contributed by atoms with Crippen molar-refractivity contribution in [1.29, 1.82) is 5.26 Å². The van der Waals surface area contributed by atoms with Crippen LogP contribution in [-0.4, -0.2) is 30.1 Å². The maximum absolute atomic E-state index is 11.4. The zero-order valence-corrected chi connectivity index (χ0v) is 10.0. The van der Waals surface area contributed by atoms with Gasteiger partial charge in [-0.15, -0.1) is 0 Å². The summed E-state index contributed by atoms with van der Waals surface area (Å²) in [6, 6.07) is 1.94. The molecule has 18 heavy (non-hydrogen) atoms. The number of nitrogens with one attached hydrogen (secondary N) is 2. The predicted molar refractivity (Wildman–Crippen MR) is 62.0 cm³/mol. The lowest BCUT2D eigenvalue weighted by molar-refractivity contribution is -0.135. The van der Waals surface area contributed by atoms with Crippen molar-refractivity contribution >= 4 is 17.8 Å². The number of nitriles is 1. The Morgan fingerprint density at radius 3 is 2.61 bits per heavy atom. The van der Waals surface area contributed by atoms with E-state index in [1.807, 2.05) is 6.07 Å². The Bertz CT molecular complexity index is 513. The predicted octanol–water partition coefficient (Wildman–Crippen LogP) is 0.381. The third-order valence-electron chi connectivity index (χ3n) is 2.31. The number of nitrogens with zero attached hydrogens (tertiary/aromatic N) is 1. The third kappa shape index (κ3) is 3.33. The molecule has 96 valence electrons. The number of rotatable bonds is 5. The van der Waals surface area contributed by atoms with Gasteiger partial charge in [-0.2, -0.15) is 5.26 Å². The van der Waals surface area contributed by atoms with Crippen LogP contribution in [0, 0.1) is 25.2 Å². The van der Waals surface area contributed by atoms with Crippen LogP contribution >= 0.6 is 0 Å². The number of amides is 1. The molecule has 1 aromatic rings. The Morgan fingerprint density at radius 1 is 1.39 bits per heavy atom. The van der Waals surface area contributed by atoms with Gasteiger partial charge in [0.25, 0.3) is 0 Å². The molecule has 1 rings (SSSR count). The number of carboxylic acids is 1. The summed E-state index contributed by atoms with van der Waals surface area (Å²) in [5.74, 6) is -0.873. The fraction of sp³-hybridized carbons (Fsp3) is 0.364. The van der Waals surface area contributed by atoms with Crippen LogP contribution in [0.15, 0.2) is 4.42 Å². The number of carbonyl (C=O) groups excluding carboxylic acids is 1. The largest absolute Gasteiger partial charge is 0.480 e. The highest BCUT2D eigenvalue weighted by Gasteiger charge is 2.16. The quantitative estimate of drug-likeness (QED) is 0.696. The molecule has 0 unspecified atom stereocenters. The van der Waals surface area contributed by atoms with E-state index in [9.17, 15) is 9.59 Å². The van der Waals surface area contributed by atoms with Crippen molar-refractivity contribution in [3.8, 4) is 6.07 Å². The van der Waals surface area contributed by atoms with Crippen molar-refractivity contribution in [3.05, 3.63) is 16.9 Å². The molecule has 0 saturated carbocycles. The smallest absolute Gasteiger partial charge is 0.317 e. The summed E-state index contributed by atoms with van der Waals surface area (Å²) in [6.07, 6.45) is 0. The zero-order chi connectivity index (χ0) is 13.7. The average Bonchev–Trinajstić information content (AvgIpc) is 2.53. The molecule has 7 heteroatoms. The van der Waals surface area contributed by atoms with Gasteiger partial charge in [0.05, 0.1) is 13.1 Å². The summed E-state index contributed by atoms with van der Waals surface area (Å²) in [4.78, 5) is 21.7. The van der Waals surface area contributed by atoms with E-state index in [-0.39, 0.29) is 24.5 Å². The molecule has 0 bridgehead atoms. The molecular weight excluding hydrogens is 238 g/mol. The van der Waals surface area contributed by atoms with Gasteiger partial charge < -0.3 is 9.52 Å². The molecule has 1 heterocycles. The van der Waals surface area contributed by atoms with Crippen molar-refractivity contribution in [2.24, 2.45) is 0 Å². The maximum Gasteiger partial charge on any atom is 0.317 e. The third-order valence-corrected chi connectivity index (χ3v) is 2.31. The number of hydrogen-bond donors (Lipinski definition) is 3. The first-order valence-electron chi connectivity index (χ1n) is 5.18. The topological polar surface area (TPSA) is 115 Å². The number of carboxylic acid groups (broad SMARTS) is 1. The first-order valence-corrected chi connectivity index (χ1v) is 5.18. The molecule has 0 aromatic carbocycles. The SMILES string of the molecule is Cc1oc(NC(=O)CNCC(=O)O)c(C#N)c1C. The van der Waals surface area contributed by atoms with Crippen molar-refractivity contribution in [1.82, 2.24) is 5.32 Å². The van der Waals surface area contributed by atoms with Gasteiger partial charge in [-0.25, -0.2) is 0 Å². The van der Waals surface area contributed by atoms with Crippen LogP contribution in [0.3, 0.4) is 0 Å². The lowest BCUT2D eigenvalue weighted by Crippen LogP contribution is -2.31. The van der Waals surface area contributed by atoms with Crippen molar-refractivity contribution in [2.75, 3.05) is 18.4 Å². The molecule has 0 saturated heterocycles. The number of aryl methyl sites for hydroxylation is 1. The number of aliphatic carboxylic acids is 1.